The van der Waals surface area contributed by atoms with Crippen molar-refractivity contribution in [2.45, 2.75) is 40.0 Å². The van der Waals surface area contributed by atoms with E-state index in [2.05, 4.69) is 50.4 Å². The summed E-state index contributed by atoms with van der Waals surface area (Å²) in [5, 5.41) is 3.59. The Balaban J connectivity index is 2.13. The van der Waals surface area contributed by atoms with Gasteiger partial charge in [0.15, 0.2) is 0 Å². The first-order chi connectivity index (χ1) is 7.57. The minimum absolute atomic E-state index is 0.242. The summed E-state index contributed by atoms with van der Waals surface area (Å²) in [6.45, 7) is 9.23. The van der Waals surface area contributed by atoms with Crippen LogP contribution in [0.2, 0.25) is 0 Å². The maximum atomic E-state index is 5.78. The van der Waals surface area contributed by atoms with Crippen LogP contribution < -0.4 is 5.32 Å². The second kappa shape index (κ2) is 4.56. The number of rotatable bonds is 0. The Labute approximate surface area is 98.0 Å². The van der Waals surface area contributed by atoms with Crippen LogP contribution in [0.3, 0.4) is 0 Å². The average molecular weight is 219 g/mol. The van der Waals surface area contributed by atoms with Gasteiger partial charge in [0, 0.05) is 12.6 Å². The summed E-state index contributed by atoms with van der Waals surface area (Å²) >= 11 is 0. The zero-order valence-electron chi connectivity index (χ0n) is 10.4. The fourth-order valence-corrected chi connectivity index (χ4v) is 2.01. The second-order valence-corrected chi connectivity index (χ2v) is 5.58. The second-order valence-electron chi connectivity index (χ2n) is 5.58. The summed E-state index contributed by atoms with van der Waals surface area (Å²) in [5.41, 5.74) is 2.91. The van der Waals surface area contributed by atoms with Crippen molar-refractivity contribution in [1.82, 2.24) is 5.32 Å². The number of hydrogen-bond acceptors (Lipinski definition) is 2. The van der Waals surface area contributed by atoms with Crippen LogP contribution in [-0.2, 0) is 17.9 Å². The molecule has 2 rings (SSSR count). The maximum absolute atomic E-state index is 5.78. The third kappa shape index (κ3) is 2.63. The van der Waals surface area contributed by atoms with Crippen LogP contribution in [0.25, 0.3) is 0 Å². The van der Waals surface area contributed by atoms with Gasteiger partial charge in [0.25, 0.3) is 0 Å². The Morgan fingerprint density at radius 3 is 2.56 bits per heavy atom. The van der Waals surface area contributed by atoms with Crippen molar-refractivity contribution in [2.75, 3.05) is 6.61 Å². The van der Waals surface area contributed by atoms with Gasteiger partial charge in [-0.2, -0.15) is 0 Å². The van der Waals surface area contributed by atoms with Gasteiger partial charge < -0.3 is 10.1 Å². The van der Waals surface area contributed by atoms with Gasteiger partial charge in [0.1, 0.15) is 0 Å². The Kier molecular flexibility index (Phi) is 3.31. The van der Waals surface area contributed by atoms with Crippen LogP contribution in [0.1, 0.15) is 31.9 Å². The van der Waals surface area contributed by atoms with Crippen molar-refractivity contribution in [3.8, 4) is 0 Å². The topological polar surface area (TPSA) is 21.3 Å². The van der Waals surface area contributed by atoms with E-state index >= 15 is 0 Å². The molecule has 1 aromatic carbocycles. The van der Waals surface area contributed by atoms with Crippen molar-refractivity contribution in [3.63, 3.8) is 0 Å². The van der Waals surface area contributed by atoms with Crippen LogP contribution in [0, 0.1) is 5.41 Å². The molecule has 1 aromatic rings. The van der Waals surface area contributed by atoms with Crippen LogP contribution in [0.5, 0.6) is 0 Å². The number of ether oxygens (including phenoxy) is 1. The molecule has 2 nitrogen and oxygen atoms in total. The Morgan fingerprint density at radius 1 is 1.19 bits per heavy atom. The van der Waals surface area contributed by atoms with Gasteiger partial charge in [-0.1, -0.05) is 45.0 Å². The molecule has 88 valence electrons. The van der Waals surface area contributed by atoms with E-state index in [1.54, 1.807) is 0 Å². The molecular formula is C14H21NO. The molecule has 0 fully saturated rings. The molecule has 1 N–H and O–H groups in total. The molecule has 1 aliphatic rings. The van der Waals surface area contributed by atoms with E-state index in [1.165, 1.54) is 11.1 Å². The fourth-order valence-electron chi connectivity index (χ4n) is 2.01. The van der Waals surface area contributed by atoms with Gasteiger partial charge >= 0.3 is 0 Å². The van der Waals surface area contributed by atoms with Crippen LogP contribution in [0.4, 0.5) is 0 Å². The number of hydrogen-bond donors (Lipinski definition) is 1. The lowest BCUT2D eigenvalue weighted by Gasteiger charge is -2.33. The lowest BCUT2D eigenvalue weighted by molar-refractivity contribution is 0.0590. The Bertz CT molecular complexity index is 354. The smallest absolute Gasteiger partial charge is 0.0720 e. The molecule has 0 saturated carbocycles. The number of fused-ring (bicyclic) bond motifs is 1. The predicted octanol–water partition coefficient (Wildman–Crippen LogP) is 2.72. The molecule has 0 aromatic heterocycles. The van der Waals surface area contributed by atoms with Crippen molar-refractivity contribution < 1.29 is 4.74 Å². The minimum atomic E-state index is 0.242. The molecule has 0 spiro atoms. The monoisotopic (exact) mass is 219 g/mol. The molecular weight excluding hydrogens is 198 g/mol. The maximum Gasteiger partial charge on any atom is 0.0720 e. The van der Waals surface area contributed by atoms with Crippen LogP contribution >= 0.6 is 0 Å². The van der Waals surface area contributed by atoms with E-state index in [0.29, 0.717) is 6.04 Å². The van der Waals surface area contributed by atoms with Gasteiger partial charge in [-0.15, -0.1) is 0 Å². The molecule has 0 radical (unpaired) electrons. The highest BCUT2D eigenvalue weighted by Gasteiger charge is 2.25. The van der Waals surface area contributed by atoms with Crippen LogP contribution in [0.15, 0.2) is 24.3 Å². The summed E-state index contributed by atoms with van der Waals surface area (Å²) in [5.74, 6) is 0. The van der Waals surface area contributed by atoms with Crippen molar-refractivity contribution >= 4 is 0 Å². The fraction of sp³-hybridized carbons (Fsp3) is 0.571. The van der Waals surface area contributed by atoms with Crippen molar-refractivity contribution in [2.24, 2.45) is 5.41 Å². The predicted molar refractivity (Wildman–Crippen MR) is 66.2 cm³/mol. The number of benzene rings is 1. The van der Waals surface area contributed by atoms with E-state index in [1.807, 2.05) is 0 Å². The van der Waals surface area contributed by atoms with Gasteiger partial charge in [-0.05, 0) is 16.5 Å². The van der Waals surface area contributed by atoms with Gasteiger partial charge in [-0.25, -0.2) is 0 Å². The molecule has 1 heterocycles. The van der Waals surface area contributed by atoms with E-state index in [9.17, 15) is 0 Å². The van der Waals surface area contributed by atoms with Crippen molar-refractivity contribution in [1.29, 1.82) is 0 Å². The molecule has 1 atom stereocenters. The average Bonchev–Trinajstić information content (AvgIpc) is 2.17. The summed E-state index contributed by atoms with van der Waals surface area (Å²) < 4.78 is 5.78. The zero-order valence-corrected chi connectivity index (χ0v) is 10.4. The molecule has 0 saturated heterocycles. The standard InChI is InChI=1S/C14H21NO/c1-14(2,3)13-10-16-9-12-7-5-4-6-11(12)8-15-13/h4-7,13,15H,8-10H2,1-3H3. The highest BCUT2D eigenvalue weighted by atomic mass is 16.5. The van der Waals surface area contributed by atoms with Crippen molar-refractivity contribution in [3.05, 3.63) is 35.4 Å². The Morgan fingerprint density at radius 2 is 1.88 bits per heavy atom. The summed E-state index contributed by atoms with van der Waals surface area (Å²) in [4.78, 5) is 0. The SMILES string of the molecule is CC(C)(C)C1COCc2ccccc2CN1. The highest BCUT2D eigenvalue weighted by molar-refractivity contribution is 5.26. The molecule has 0 aliphatic carbocycles. The first kappa shape index (κ1) is 11.6. The number of nitrogens with one attached hydrogen (secondary N) is 1. The van der Waals surface area contributed by atoms with Gasteiger partial charge in [-0.3, -0.25) is 0 Å². The Hall–Kier alpha value is -0.860. The molecule has 0 bridgehead atoms. The molecule has 2 heteroatoms. The van der Waals surface area contributed by atoms with E-state index in [-0.39, 0.29) is 5.41 Å². The lowest BCUT2D eigenvalue weighted by atomic mass is 9.86. The van der Waals surface area contributed by atoms with E-state index < -0.39 is 0 Å². The molecule has 1 aliphatic heterocycles. The quantitative estimate of drug-likeness (QED) is 0.724. The zero-order chi connectivity index (χ0) is 11.6. The summed E-state index contributed by atoms with van der Waals surface area (Å²) in [7, 11) is 0. The third-order valence-electron chi connectivity index (χ3n) is 3.24. The molecule has 0 amide bonds. The van der Waals surface area contributed by atoms with Crippen LogP contribution in [-0.4, -0.2) is 12.6 Å². The minimum Gasteiger partial charge on any atom is -0.375 e. The highest BCUT2D eigenvalue weighted by Crippen LogP contribution is 2.22. The molecule has 16 heavy (non-hydrogen) atoms. The third-order valence-corrected chi connectivity index (χ3v) is 3.24. The first-order valence-corrected chi connectivity index (χ1v) is 5.95. The lowest BCUT2D eigenvalue weighted by Crippen LogP contribution is -2.44. The molecule has 1 unspecified atom stereocenters. The van der Waals surface area contributed by atoms with Gasteiger partial charge in [0.05, 0.1) is 13.2 Å². The largest absolute Gasteiger partial charge is 0.375 e. The van der Waals surface area contributed by atoms with E-state index in [4.69, 9.17) is 4.74 Å². The van der Waals surface area contributed by atoms with E-state index in [0.717, 1.165) is 19.8 Å². The summed E-state index contributed by atoms with van der Waals surface area (Å²) in [6, 6.07) is 8.91. The first-order valence-electron chi connectivity index (χ1n) is 5.95. The normalized spacial score (nSPS) is 22.1. The summed E-state index contributed by atoms with van der Waals surface area (Å²) in [6.07, 6.45) is 0. The van der Waals surface area contributed by atoms with Gasteiger partial charge in [0.2, 0.25) is 0 Å².